The molecule has 0 atom stereocenters. The van der Waals surface area contributed by atoms with E-state index in [4.69, 9.17) is 9.72 Å². The van der Waals surface area contributed by atoms with Gasteiger partial charge in [-0.3, -0.25) is 0 Å². The molecule has 0 aliphatic carbocycles. The molecule has 0 bridgehead atoms. The molecule has 0 N–H and O–H groups in total. The number of rotatable bonds is 5. The number of aromatic carboxylic acids is 1. The molecule has 0 radical (unpaired) electrons. The molecule has 0 fully saturated rings. The van der Waals surface area contributed by atoms with Crippen molar-refractivity contribution >= 4 is 38.3 Å². The number of benzene rings is 3. The van der Waals surface area contributed by atoms with Gasteiger partial charge in [0, 0.05) is 10.3 Å². The van der Waals surface area contributed by atoms with Gasteiger partial charge in [0.05, 0.1) is 27.4 Å². The van der Waals surface area contributed by atoms with Crippen molar-refractivity contribution in [2.75, 3.05) is 0 Å². The number of carboxylic acid groups (broad SMARTS) is 1. The van der Waals surface area contributed by atoms with Crippen molar-refractivity contribution in [2.45, 2.75) is 34.3 Å². The Bertz CT molecular complexity index is 1570. The Labute approximate surface area is 230 Å². The van der Waals surface area contributed by atoms with Crippen LogP contribution in [0.1, 0.15) is 38.2 Å². The topological polar surface area (TPSA) is 62.2 Å². The molecule has 0 unspecified atom stereocenters. The normalized spacial score (nSPS) is 11.0. The number of ether oxygens (including phenoxy) is 1. The summed E-state index contributed by atoms with van der Waals surface area (Å²) in [4.78, 5) is 18.2. The number of aromatic nitrogens is 1. The fourth-order valence-corrected chi connectivity index (χ4v) is 5.66. The van der Waals surface area contributed by atoms with E-state index < -0.39 is 5.97 Å². The average molecular weight is 490 g/mol. The summed E-state index contributed by atoms with van der Waals surface area (Å²) in [5, 5.41) is 13.9. The van der Waals surface area contributed by atoms with Crippen molar-refractivity contribution in [1.29, 1.82) is 0 Å². The van der Waals surface area contributed by atoms with E-state index in [-0.39, 0.29) is 35.1 Å². The average Bonchev–Trinajstić information content (AvgIpc) is 3.16. The van der Waals surface area contributed by atoms with Crippen LogP contribution in [0.15, 0.2) is 60.7 Å². The standard InChI is InChI=1S/C29H25NO3S.Na/c1-16-8-7-9-17(2)22(16)15-33-24-13-12-18(3)27-26(24)21(29(31)32)14-23(30-27)28-19(4)20-10-5-6-11-25(20)34-28;/h5-14H,15H2,1-4H3,(H,31,32);/q;+1/p-1. The monoisotopic (exact) mass is 489 g/mol. The van der Waals surface area contributed by atoms with E-state index >= 15 is 0 Å². The Morgan fingerprint density at radius 1 is 0.943 bits per heavy atom. The number of nitrogens with zero attached hydrogens (tertiary/aromatic N) is 1. The summed E-state index contributed by atoms with van der Waals surface area (Å²) in [7, 11) is 0. The molecule has 5 aromatic rings. The van der Waals surface area contributed by atoms with Crippen LogP contribution in [0.4, 0.5) is 0 Å². The van der Waals surface area contributed by atoms with Crippen molar-refractivity contribution in [2.24, 2.45) is 0 Å². The minimum Gasteiger partial charge on any atom is -0.545 e. The van der Waals surface area contributed by atoms with Crippen LogP contribution in [0.3, 0.4) is 0 Å². The van der Waals surface area contributed by atoms with Gasteiger partial charge in [0.1, 0.15) is 12.4 Å². The molecule has 0 spiro atoms. The van der Waals surface area contributed by atoms with Crippen LogP contribution < -0.4 is 39.4 Å². The zero-order valence-electron chi connectivity index (χ0n) is 20.6. The number of thiophene rings is 1. The molecule has 0 saturated heterocycles. The van der Waals surface area contributed by atoms with Gasteiger partial charge in [-0.25, -0.2) is 4.98 Å². The van der Waals surface area contributed by atoms with E-state index in [1.807, 2.05) is 63.2 Å². The van der Waals surface area contributed by atoms with Crippen molar-refractivity contribution in [3.8, 4) is 16.3 Å². The molecular formula is C29H24NNaO3S. The maximum absolute atomic E-state index is 12.3. The summed E-state index contributed by atoms with van der Waals surface area (Å²) >= 11 is 1.62. The smallest absolute Gasteiger partial charge is 0.545 e. The SMILES string of the molecule is Cc1cccc(C)c1COc1ccc(C)c2nc(-c3sc4ccccc4c3C)cc(C(=O)[O-])c12.[Na+]. The van der Waals surface area contributed by atoms with Crippen LogP contribution in [-0.4, -0.2) is 11.0 Å². The molecule has 6 heteroatoms. The molecule has 2 heterocycles. The largest absolute Gasteiger partial charge is 1.00 e. The van der Waals surface area contributed by atoms with Gasteiger partial charge in [0.25, 0.3) is 0 Å². The minimum atomic E-state index is -1.24. The Morgan fingerprint density at radius 3 is 2.34 bits per heavy atom. The second-order valence-corrected chi connectivity index (χ2v) is 9.71. The van der Waals surface area contributed by atoms with Gasteiger partial charge in [0.15, 0.2) is 0 Å². The zero-order valence-corrected chi connectivity index (χ0v) is 23.4. The van der Waals surface area contributed by atoms with Crippen molar-refractivity contribution < 1.29 is 44.2 Å². The third-order valence-electron chi connectivity index (χ3n) is 6.44. The van der Waals surface area contributed by atoms with Gasteiger partial charge >= 0.3 is 29.6 Å². The zero-order chi connectivity index (χ0) is 24.0. The predicted octanol–water partition coefficient (Wildman–Crippen LogP) is 3.30. The van der Waals surface area contributed by atoms with Gasteiger partial charge in [-0.1, -0.05) is 42.5 Å². The molecule has 4 nitrogen and oxygen atoms in total. The third-order valence-corrected chi connectivity index (χ3v) is 7.73. The third kappa shape index (κ3) is 4.62. The number of hydrogen-bond acceptors (Lipinski definition) is 5. The van der Waals surface area contributed by atoms with E-state index in [9.17, 15) is 9.90 Å². The number of carboxylic acids is 1. The first-order chi connectivity index (χ1) is 16.3. The van der Waals surface area contributed by atoms with E-state index in [1.54, 1.807) is 17.4 Å². The fourth-order valence-electron chi connectivity index (χ4n) is 4.49. The molecule has 170 valence electrons. The van der Waals surface area contributed by atoms with Gasteiger partial charge < -0.3 is 14.6 Å². The molecule has 0 aliphatic rings. The molecular weight excluding hydrogens is 465 g/mol. The van der Waals surface area contributed by atoms with Crippen LogP contribution in [-0.2, 0) is 6.61 Å². The summed E-state index contributed by atoms with van der Waals surface area (Å²) in [6, 6.07) is 19.7. The Kier molecular flexibility index (Phi) is 7.34. The minimum absolute atomic E-state index is 0. The quantitative estimate of drug-likeness (QED) is 0.356. The van der Waals surface area contributed by atoms with Crippen LogP contribution in [0.25, 0.3) is 31.6 Å². The van der Waals surface area contributed by atoms with Gasteiger partial charge in [-0.2, -0.15) is 0 Å². The molecule has 35 heavy (non-hydrogen) atoms. The van der Waals surface area contributed by atoms with Crippen molar-refractivity contribution in [1.82, 2.24) is 4.98 Å². The predicted molar refractivity (Wildman–Crippen MR) is 137 cm³/mol. The second kappa shape index (κ2) is 10.1. The maximum atomic E-state index is 12.3. The summed E-state index contributed by atoms with van der Waals surface area (Å²) in [5.74, 6) is -0.746. The molecule has 3 aromatic carbocycles. The Hall–Kier alpha value is -2.70. The number of carbonyl (C=O) groups is 1. The number of aryl methyl sites for hydroxylation is 4. The van der Waals surface area contributed by atoms with Crippen molar-refractivity contribution in [3.05, 3.63) is 94.0 Å². The molecule has 0 saturated carbocycles. The number of pyridine rings is 1. The summed E-state index contributed by atoms with van der Waals surface area (Å²) in [6.07, 6.45) is 0. The maximum Gasteiger partial charge on any atom is 1.00 e. The second-order valence-electron chi connectivity index (χ2n) is 8.66. The number of fused-ring (bicyclic) bond motifs is 2. The van der Waals surface area contributed by atoms with Crippen LogP contribution in [0.2, 0.25) is 0 Å². The van der Waals surface area contributed by atoms with E-state index in [2.05, 4.69) is 19.1 Å². The van der Waals surface area contributed by atoms with Gasteiger partial charge in [-0.05, 0) is 79.1 Å². The molecule has 2 aromatic heterocycles. The Morgan fingerprint density at radius 2 is 1.66 bits per heavy atom. The Balaban J connectivity index is 0.00000289. The summed E-state index contributed by atoms with van der Waals surface area (Å²) in [5.41, 5.74) is 6.70. The van der Waals surface area contributed by atoms with Crippen molar-refractivity contribution in [3.63, 3.8) is 0 Å². The van der Waals surface area contributed by atoms with Crippen LogP contribution in [0, 0.1) is 27.7 Å². The fraction of sp³-hybridized carbons (Fsp3) is 0.172. The van der Waals surface area contributed by atoms with E-state index in [1.165, 1.54) is 0 Å². The molecule has 0 aliphatic heterocycles. The first-order valence-electron chi connectivity index (χ1n) is 11.2. The van der Waals surface area contributed by atoms with E-state index in [0.717, 1.165) is 42.8 Å². The van der Waals surface area contributed by atoms with Crippen LogP contribution >= 0.6 is 11.3 Å². The number of carbonyl (C=O) groups excluding carboxylic acids is 1. The van der Waals surface area contributed by atoms with Crippen LogP contribution in [0.5, 0.6) is 5.75 Å². The molecule has 0 amide bonds. The van der Waals surface area contributed by atoms with Gasteiger partial charge in [0.2, 0.25) is 0 Å². The first-order valence-corrected chi connectivity index (χ1v) is 12.0. The molecule has 5 rings (SSSR count). The summed E-state index contributed by atoms with van der Waals surface area (Å²) in [6.45, 7) is 8.43. The van der Waals surface area contributed by atoms with E-state index in [0.29, 0.717) is 29.0 Å². The summed E-state index contributed by atoms with van der Waals surface area (Å²) < 4.78 is 7.35. The first kappa shape index (κ1) is 25.4. The van der Waals surface area contributed by atoms with Gasteiger partial charge in [-0.15, -0.1) is 11.3 Å². The number of hydrogen-bond donors (Lipinski definition) is 0.